The molecule has 0 unspecified atom stereocenters. The number of aliphatic carboxylic acids is 1. The molecule has 21 heavy (non-hydrogen) atoms. The second kappa shape index (κ2) is 6.89. The van der Waals surface area contributed by atoms with Crippen molar-refractivity contribution >= 4 is 27.8 Å². The van der Waals surface area contributed by atoms with E-state index in [4.69, 9.17) is 9.84 Å². The minimum Gasteiger partial charge on any atom is -0.483 e. The van der Waals surface area contributed by atoms with Crippen molar-refractivity contribution < 1.29 is 23.8 Å². The van der Waals surface area contributed by atoms with Crippen LogP contribution in [-0.4, -0.2) is 40.6 Å². The van der Waals surface area contributed by atoms with Crippen LogP contribution in [-0.2, 0) is 9.59 Å². The van der Waals surface area contributed by atoms with Crippen molar-refractivity contribution in [3.8, 4) is 5.75 Å². The van der Waals surface area contributed by atoms with Crippen LogP contribution in [0.25, 0.3) is 0 Å². The average molecular weight is 362 g/mol. The number of likely N-dealkylation sites (N-methyl/N-ethyl adjacent to an activating group) is 1. The molecule has 1 rings (SSSR count). The van der Waals surface area contributed by atoms with E-state index in [1.54, 1.807) is 6.92 Å². The third-order valence-corrected chi connectivity index (χ3v) is 3.68. The SMILES string of the molecule is CCN(C(=O)COc1ccc(F)cc1Br)C(C)(C)C(=O)O. The zero-order valence-electron chi connectivity index (χ0n) is 12.0. The van der Waals surface area contributed by atoms with Gasteiger partial charge in [0.25, 0.3) is 5.91 Å². The van der Waals surface area contributed by atoms with Crippen molar-refractivity contribution in [2.75, 3.05) is 13.2 Å². The summed E-state index contributed by atoms with van der Waals surface area (Å²) in [7, 11) is 0. The Morgan fingerprint density at radius 1 is 1.43 bits per heavy atom. The van der Waals surface area contributed by atoms with Crippen molar-refractivity contribution in [3.05, 3.63) is 28.5 Å². The van der Waals surface area contributed by atoms with Gasteiger partial charge in [-0.3, -0.25) is 4.79 Å². The number of ether oxygens (including phenoxy) is 1. The van der Waals surface area contributed by atoms with Crippen molar-refractivity contribution in [1.82, 2.24) is 4.90 Å². The second-order valence-electron chi connectivity index (χ2n) is 4.87. The van der Waals surface area contributed by atoms with Gasteiger partial charge in [-0.25, -0.2) is 9.18 Å². The lowest BCUT2D eigenvalue weighted by molar-refractivity contribution is -0.157. The van der Waals surface area contributed by atoms with E-state index in [1.807, 2.05) is 0 Å². The molecule has 5 nitrogen and oxygen atoms in total. The number of rotatable bonds is 6. The number of halogens is 2. The fourth-order valence-electron chi connectivity index (χ4n) is 1.81. The predicted octanol–water partition coefficient (Wildman–Crippen LogP) is 2.68. The summed E-state index contributed by atoms with van der Waals surface area (Å²) in [6, 6.07) is 3.83. The maximum Gasteiger partial charge on any atom is 0.329 e. The van der Waals surface area contributed by atoms with E-state index in [-0.39, 0.29) is 13.2 Å². The van der Waals surface area contributed by atoms with E-state index in [0.29, 0.717) is 10.2 Å². The Bertz CT molecular complexity index is 548. The second-order valence-corrected chi connectivity index (χ2v) is 5.72. The normalized spacial score (nSPS) is 11.1. The Labute approximate surface area is 130 Å². The molecule has 0 saturated heterocycles. The number of carbonyl (C=O) groups excluding carboxylic acids is 1. The largest absolute Gasteiger partial charge is 0.483 e. The number of carboxylic acid groups (broad SMARTS) is 1. The van der Waals surface area contributed by atoms with Gasteiger partial charge >= 0.3 is 5.97 Å². The highest BCUT2D eigenvalue weighted by Crippen LogP contribution is 2.25. The van der Waals surface area contributed by atoms with E-state index in [1.165, 1.54) is 36.9 Å². The summed E-state index contributed by atoms with van der Waals surface area (Å²) in [6.07, 6.45) is 0. The summed E-state index contributed by atoms with van der Waals surface area (Å²) >= 11 is 3.13. The average Bonchev–Trinajstić information content (AvgIpc) is 2.38. The molecule has 0 heterocycles. The van der Waals surface area contributed by atoms with Crippen molar-refractivity contribution in [3.63, 3.8) is 0 Å². The van der Waals surface area contributed by atoms with Gasteiger partial charge < -0.3 is 14.7 Å². The quantitative estimate of drug-likeness (QED) is 0.845. The topological polar surface area (TPSA) is 66.8 Å². The minimum absolute atomic E-state index is 0.242. The van der Waals surface area contributed by atoms with Gasteiger partial charge in [-0.1, -0.05) is 0 Å². The molecule has 1 amide bonds. The van der Waals surface area contributed by atoms with Crippen LogP contribution in [0.4, 0.5) is 4.39 Å². The molecule has 116 valence electrons. The standard InChI is InChI=1S/C14H17BrFNO4/c1-4-17(14(2,3)13(19)20)12(18)8-21-11-6-5-9(16)7-10(11)15/h5-7H,4,8H2,1-3H3,(H,19,20). The molecule has 0 bridgehead atoms. The van der Waals surface area contributed by atoms with Crippen LogP contribution in [0.3, 0.4) is 0 Å². The summed E-state index contributed by atoms with van der Waals surface area (Å²) in [4.78, 5) is 24.5. The molecule has 0 aliphatic rings. The Morgan fingerprint density at radius 3 is 2.52 bits per heavy atom. The lowest BCUT2D eigenvalue weighted by Gasteiger charge is -2.34. The summed E-state index contributed by atoms with van der Waals surface area (Å²) in [5, 5.41) is 9.17. The Kier molecular flexibility index (Phi) is 5.71. The number of hydrogen-bond donors (Lipinski definition) is 1. The molecule has 0 fully saturated rings. The molecule has 0 saturated carbocycles. The lowest BCUT2D eigenvalue weighted by Crippen LogP contribution is -2.54. The van der Waals surface area contributed by atoms with E-state index in [9.17, 15) is 14.0 Å². The molecule has 0 aliphatic heterocycles. The third kappa shape index (κ3) is 4.17. The van der Waals surface area contributed by atoms with Crippen molar-refractivity contribution in [2.45, 2.75) is 26.3 Å². The molecule has 0 aromatic heterocycles. The van der Waals surface area contributed by atoms with Gasteiger partial charge in [-0.2, -0.15) is 0 Å². The highest BCUT2D eigenvalue weighted by atomic mass is 79.9. The highest BCUT2D eigenvalue weighted by Gasteiger charge is 2.36. The number of hydrogen-bond acceptors (Lipinski definition) is 3. The first kappa shape index (κ1) is 17.4. The molecular weight excluding hydrogens is 345 g/mol. The van der Waals surface area contributed by atoms with Crippen molar-refractivity contribution in [1.29, 1.82) is 0 Å². The van der Waals surface area contributed by atoms with Gasteiger partial charge in [-0.15, -0.1) is 0 Å². The number of amides is 1. The first-order valence-corrected chi connectivity index (χ1v) is 7.11. The number of carbonyl (C=O) groups is 2. The minimum atomic E-state index is -1.32. The maximum atomic E-state index is 12.9. The van der Waals surface area contributed by atoms with Crippen LogP contribution in [0.5, 0.6) is 5.75 Å². The zero-order chi connectivity index (χ0) is 16.2. The first-order chi connectivity index (χ1) is 9.70. The Morgan fingerprint density at radius 2 is 2.05 bits per heavy atom. The van der Waals surface area contributed by atoms with Crippen LogP contribution in [0.15, 0.2) is 22.7 Å². The van der Waals surface area contributed by atoms with Crippen LogP contribution >= 0.6 is 15.9 Å². The summed E-state index contributed by atoms with van der Waals surface area (Å²) in [6.45, 7) is 4.51. The fourth-order valence-corrected chi connectivity index (χ4v) is 2.27. The van der Waals surface area contributed by atoms with Crippen LogP contribution < -0.4 is 4.74 Å². The predicted molar refractivity (Wildman–Crippen MR) is 78.7 cm³/mol. The number of benzene rings is 1. The van der Waals surface area contributed by atoms with Crippen LogP contribution in [0.2, 0.25) is 0 Å². The van der Waals surface area contributed by atoms with Gasteiger partial charge in [-0.05, 0) is 54.9 Å². The monoisotopic (exact) mass is 361 g/mol. The van der Waals surface area contributed by atoms with Crippen molar-refractivity contribution in [2.24, 2.45) is 0 Å². The summed E-state index contributed by atoms with van der Waals surface area (Å²) in [5.41, 5.74) is -1.32. The van der Waals surface area contributed by atoms with E-state index >= 15 is 0 Å². The van der Waals surface area contributed by atoms with Gasteiger partial charge in [0.2, 0.25) is 0 Å². The molecular formula is C14H17BrFNO4. The van der Waals surface area contributed by atoms with E-state index in [2.05, 4.69) is 15.9 Å². The Hall–Kier alpha value is -1.63. The molecule has 0 radical (unpaired) electrons. The molecule has 1 aromatic carbocycles. The molecule has 0 spiro atoms. The van der Waals surface area contributed by atoms with Gasteiger partial charge in [0, 0.05) is 6.54 Å². The van der Waals surface area contributed by atoms with Crippen LogP contribution in [0.1, 0.15) is 20.8 Å². The maximum absolute atomic E-state index is 12.9. The zero-order valence-corrected chi connectivity index (χ0v) is 13.6. The summed E-state index contributed by atoms with van der Waals surface area (Å²) < 4.78 is 18.6. The fraction of sp³-hybridized carbons (Fsp3) is 0.429. The first-order valence-electron chi connectivity index (χ1n) is 6.31. The lowest BCUT2D eigenvalue weighted by atomic mass is 10.0. The molecule has 0 aliphatic carbocycles. The van der Waals surface area contributed by atoms with Gasteiger partial charge in [0.1, 0.15) is 17.1 Å². The van der Waals surface area contributed by atoms with E-state index in [0.717, 1.165) is 0 Å². The summed E-state index contributed by atoms with van der Waals surface area (Å²) in [5.74, 6) is -1.67. The molecule has 0 atom stereocenters. The molecule has 1 aromatic rings. The van der Waals surface area contributed by atoms with Crippen LogP contribution in [0, 0.1) is 5.82 Å². The molecule has 1 N–H and O–H groups in total. The third-order valence-electron chi connectivity index (χ3n) is 3.06. The molecule has 7 heteroatoms. The van der Waals surface area contributed by atoms with Gasteiger partial charge in [0.05, 0.1) is 4.47 Å². The number of nitrogens with zero attached hydrogens (tertiary/aromatic N) is 1. The Balaban J connectivity index is 2.78. The van der Waals surface area contributed by atoms with E-state index < -0.39 is 23.2 Å². The van der Waals surface area contributed by atoms with Gasteiger partial charge in [0.15, 0.2) is 6.61 Å². The smallest absolute Gasteiger partial charge is 0.329 e. The number of carboxylic acids is 1. The highest BCUT2D eigenvalue weighted by molar-refractivity contribution is 9.10.